The minimum atomic E-state index is -1.57. The zero-order valence-corrected chi connectivity index (χ0v) is 12.7. The van der Waals surface area contributed by atoms with E-state index in [1.54, 1.807) is 0 Å². The van der Waals surface area contributed by atoms with Crippen LogP contribution >= 0.6 is 0 Å². The lowest BCUT2D eigenvalue weighted by molar-refractivity contribution is 0.169. The van der Waals surface area contributed by atoms with Gasteiger partial charge in [0, 0.05) is 6.10 Å². The molecular formula is C14H28OSi. The molecule has 1 aliphatic carbocycles. The van der Waals surface area contributed by atoms with Gasteiger partial charge < -0.3 is 4.43 Å². The van der Waals surface area contributed by atoms with E-state index in [2.05, 4.69) is 46.0 Å². The minimum Gasteiger partial charge on any atom is -0.414 e. The lowest BCUT2D eigenvalue weighted by atomic mass is 10.0. The van der Waals surface area contributed by atoms with Gasteiger partial charge in [0.1, 0.15) is 0 Å². The van der Waals surface area contributed by atoms with Crippen LogP contribution in [0.3, 0.4) is 0 Å². The standard InChI is InChI=1S/C14H28OSi/c1-14(2,3)16(4,5)15-13-11-9-7-6-8-10-12-13/h7,9,13H,6,8,10-12H2,1-5H3. The Morgan fingerprint density at radius 2 is 1.81 bits per heavy atom. The first kappa shape index (κ1) is 14.0. The fourth-order valence-electron chi connectivity index (χ4n) is 1.82. The largest absolute Gasteiger partial charge is 0.414 e. The molecule has 0 radical (unpaired) electrons. The summed E-state index contributed by atoms with van der Waals surface area (Å²) in [6.07, 6.45) is 11.4. The van der Waals surface area contributed by atoms with E-state index in [1.165, 1.54) is 25.7 Å². The summed E-state index contributed by atoms with van der Waals surface area (Å²) in [5.74, 6) is 0. The van der Waals surface area contributed by atoms with Crippen molar-refractivity contribution in [3.8, 4) is 0 Å². The maximum Gasteiger partial charge on any atom is 0.192 e. The third-order valence-electron chi connectivity index (χ3n) is 3.98. The van der Waals surface area contributed by atoms with Gasteiger partial charge in [-0.15, -0.1) is 0 Å². The fourth-order valence-corrected chi connectivity index (χ4v) is 3.22. The molecule has 0 aliphatic heterocycles. The van der Waals surface area contributed by atoms with Crippen molar-refractivity contribution in [3.63, 3.8) is 0 Å². The van der Waals surface area contributed by atoms with Crippen LogP contribution in [0.4, 0.5) is 0 Å². The Labute approximate surface area is 102 Å². The summed E-state index contributed by atoms with van der Waals surface area (Å²) in [5.41, 5.74) is 0. The molecule has 1 unspecified atom stereocenters. The first-order valence-electron chi connectivity index (χ1n) is 6.66. The predicted molar refractivity (Wildman–Crippen MR) is 74.3 cm³/mol. The van der Waals surface area contributed by atoms with Crippen LogP contribution in [-0.2, 0) is 4.43 Å². The second-order valence-electron chi connectivity index (χ2n) is 6.49. The summed E-state index contributed by atoms with van der Waals surface area (Å²) < 4.78 is 6.47. The van der Waals surface area contributed by atoms with Crippen LogP contribution in [0.1, 0.15) is 52.9 Å². The van der Waals surface area contributed by atoms with Crippen molar-refractivity contribution in [1.82, 2.24) is 0 Å². The molecule has 0 N–H and O–H groups in total. The molecule has 0 bridgehead atoms. The number of hydrogen-bond donors (Lipinski definition) is 0. The third kappa shape index (κ3) is 4.06. The van der Waals surface area contributed by atoms with Crippen molar-refractivity contribution < 1.29 is 4.43 Å². The van der Waals surface area contributed by atoms with Crippen LogP contribution in [-0.4, -0.2) is 14.4 Å². The van der Waals surface area contributed by atoms with Gasteiger partial charge >= 0.3 is 0 Å². The van der Waals surface area contributed by atoms with E-state index in [1.807, 2.05) is 0 Å². The van der Waals surface area contributed by atoms with Gasteiger partial charge in [-0.25, -0.2) is 0 Å². The van der Waals surface area contributed by atoms with Crippen LogP contribution in [0, 0.1) is 0 Å². The zero-order valence-electron chi connectivity index (χ0n) is 11.7. The van der Waals surface area contributed by atoms with Gasteiger partial charge in [0.05, 0.1) is 0 Å². The van der Waals surface area contributed by atoms with Gasteiger partial charge in [0.25, 0.3) is 0 Å². The quantitative estimate of drug-likeness (QED) is 0.493. The Hall–Kier alpha value is -0.0831. The van der Waals surface area contributed by atoms with Gasteiger partial charge in [-0.3, -0.25) is 0 Å². The summed E-state index contributed by atoms with van der Waals surface area (Å²) in [6, 6.07) is 0. The van der Waals surface area contributed by atoms with Crippen LogP contribution < -0.4 is 0 Å². The molecule has 1 atom stereocenters. The summed E-state index contributed by atoms with van der Waals surface area (Å²) in [7, 11) is -1.57. The van der Waals surface area contributed by atoms with Crippen LogP contribution in [0.2, 0.25) is 18.1 Å². The van der Waals surface area contributed by atoms with E-state index in [-0.39, 0.29) is 0 Å². The van der Waals surface area contributed by atoms with E-state index in [4.69, 9.17) is 4.43 Å². The topological polar surface area (TPSA) is 9.23 Å². The zero-order chi connectivity index (χ0) is 12.2. The van der Waals surface area contributed by atoms with Gasteiger partial charge in [-0.2, -0.15) is 0 Å². The molecule has 0 amide bonds. The van der Waals surface area contributed by atoms with Crippen molar-refractivity contribution in [2.75, 3.05) is 0 Å². The summed E-state index contributed by atoms with van der Waals surface area (Å²) in [4.78, 5) is 0. The summed E-state index contributed by atoms with van der Waals surface area (Å²) in [6.45, 7) is 11.7. The Bertz CT molecular complexity index is 238. The lowest BCUT2D eigenvalue weighted by Gasteiger charge is -2.39. The highest BCUT2D eigenvalue weighted by atomic mass is 28.4. The first-order chi connectivity index (χ1) is 7.33. The molecule has 0 aromatic rings. The Kier molecular flexibility index (Phi) is 4.81. The normalized spacial score (nSPS) is 23.9. The molecule has 0 saturated heterocycles. The van der Waals surface area contributed by atoms with Gasteiger partial charge in [0.2, 0.25) is 0 Å². The van der Waals surface area contributed by atoms with Crippen LogP contribution in [0.25, 0.3) is 0 Å². The van der Waals surface area contributed by atoms with E-state index < -0.39 is 8.32 Å². The Balaban J connectivity index is 2.57. The lowest BCUT2D eigenvalue weighted by Crippen LogP contribution is -2.43. The van der Waals surface area contributed by atoms with Crippen molar-refractivity contribution in [3.05, 3.63) is 12.2 Å². The molecule has 1 nitrogen and oxygen atoms in total. The van der Waals surface area contributed by atoms with Crippen molar-refractivity contribution in [2.45, 2.75) is 77.1 Å². The summed E-state index contributed by atoms with van der Waals surface area (Å²) in [5, 5.41) is 0.332. The molecule has 0 spiro atoms. The predicted octanol–water partition coefficient (Wildman–Crippen LogP) is 4.90. The maximum absolute atomic E-state index is 6.47. The van der Waals surface area contributed by atoms with E-state index in [0.29, 0.717) is 11.1 Å². The SMILES string of the molecule is CC(C)(C)[Si](C)(C)OC1CC=CCCCC1. The molecule has 1 rings (SSSR count). The number of hydrogen-bond acceptors (Lipinski definition) is 1. The molecule has 16 heavy (non-hydrogen) atoms. The molecule has 0 aromatic heterocycles. The van der Waals surface area contributed by atoms with Crippen molar-refractivity contribution >= 4 is 8.32 Å². The van der Waals surface area contributed by atoms with E-state index in [9.17, 15) is 0 Å². The van der Waals surface area contributed by atoms with E-state index in [0.717, 1.165) is 6.42 Å². The molecule has 0 aromatic carbocycles. The highest BCUT2D eigenvalue weighted by Crippen LogP contribution is 2.38. The molecule has 1 aliphatic rings. The van der Waals surface area contributed by atoms with Crippen molar-refractivity contribution in [1.29, 1.82) is 0 Å². The average Bonchev–Trinajstić information content (AvgIpc) is 2.07. The number of allylic oxidation sites excluding steroid dienone is 1. The monoisotopic (exact) mass is 240 g/mol. The van der Waals surface area contributed by atoms with Crippen molar-refractivity contribution in [2.24, 2.45) is 0 Å². The molecule has 2 heteroatoms. The second kappa shape index (κ2) is 5.50. The molecule has 0 heterocycles. The fraction of sp³-hybridized carbons (Fsp3) is 0.857. The minimum absolute atomic E-state index is 0.332. The smallest absolute Gasteiger partial charge is 0.192 e. The molecule has 0 saturated carbocycles. The highest BCUT2D eigenvalue weighted by Gasteiger charge is 2.38. The summed E-state index contributed by atoms with van der Waals surface area (Å²) >= 11 is 0. The highest BCUT2D eigenvalue weighted by molar-refractivity contribution is 6.74. The Morgan fingerprint density at radius 3 is 2.44 bits per heavy atom. The maximum atomic E-state index is 6.47. The third-order valence-corrected chi connectivity index (χ3v) is 8.51. The van der Waals surface area contributed by atoms with Gasteiger partial charge in [-0.1, -0.05) is 39.3 Å². The van der Waals surface area contributed by atoms with Gasteiger partial charge in [0.15, 0.2) is 8.32 Å². The Morgan fingerprint density at radius 1 is 1.12 bits per heavy atom. The number of rotatable bonds is 2. The van der Waals surface area contributed by atoms with E-state index >= 15 is 0 Å². The van der Waals surface area contributed by atoms with Crippen LogP contribution in [0.15, 0.2) is 12.2 Å². The van der Waals surface area contributed by atoms with Gasteiger partial charge in [-0.05, 0) is 43.8 Å². The molecular weight excluding hydrogens is 212 g/mol. The molecule has 94 valence electrons. The average molecular weight is 240 g/mol. The molecule has 0 fully saturated rings. The second-order valence-corrected chi connectivity index (χ2v) is 11.2. The van der Waals surface area contributed by atoms with Crippen LogP contribution in [0.5, 0.6) is 0 Å². The first-order valence-corrected chi connectivity index (χ1v) is 9.56.